The van der Waals surface area contributed by atoms with E-state index in [4.69, 9.17) is 5.11 Å². The summed E-state index contributed by atoms with van der Waals surface area (Å²) in [5.41, 5.74) is 1.86. The highest BCUT2D eigenvalue weighted by molar-refractivity contribution is 5.99. The van der Waals surface area contributed by atoms with Gasteiger partial charge in [-0.05, 0) is 71.5 Å². The molecule has 0 amide bonds. The number of hydrogen-bond donors (Lipinski definition) is 3. The van der Waals surface area contributed by atoms with Gasteiger partial charge in [0.2, 0.25) is 0 Å². The molecular formula is C26H21N5O5. The second kappa shape index (κ2) is 8.35. The van der Waals surface area contributed by atoms with Crippen LogP contribution in [0, 0.1) is 17.0 Å². The number of azo groups is 1. The molecule has 3 N–H and O–H groups in total. The molecule has 0 bridgehead atoms. The predicted molar refractivity (Wildman–Crippen MR) is 131 cm³/mol. The van der Waals surface area contributed by atoms with Crippen LogP contribution in [0.4, 0.5) is 5.82 Å². The third-order valence-electron chi connectivity index (χ3n) is 6.21. The second-order valence-corrected chi connectivity index (χ2v) is 8.44. The molecule has 36 heavy (non-hydrogen) atoms. The average Bonchev–Trinajstić information content (AvgIpc) is 3.38. The van der Waals surface area contributed by atoms with Crippen molar-refractivity contribution in [2.45, 2.75) is 12.5 Å². The van der Waals surface area contributed by atoms with E-state index in [1.54, 1.807) is 43.3 Å². The Morgan fingerprint density at radius 2 is 1.33 bits per heavy atom. The van der Waals surface area contributed by atoms with Gasteiger partial charge in [-0.3, -0.25) is 0 Å². The molecule has 180 valence electrons. The Kier molecular flexibility index (Phi) is 5.28. The minimum Gasteiger partial charge on any atom is -0.508 e. The van der Waals surface area contributed by atoms with Crippen molar-refractivity contribution in [2.75, 3.05) is 0 Å². The first-order valence-corrected chi connectivity index (χ1v) is 11.0. The summed E-state index contributed by atoms with van der Waals surface area (Å²) in [4.78, 5) is 11.8. The summed E-state index contributed by atoms with van der Waals surface area (Å²) >= 11 is 0. The first-order valence-electron chi connectivity index (χ1n) is 11.0. The minimum atomic E-state index is -1.50. The van der Waals surface area contributed by atoms with Gasteiger partial charge >= 0.3 is 5.82 Å². The van der Waals surface area contributed by atoms with E-state index >= 15 is 0 Å². The van der Waals surface area contributed by atoms with Crippen LogP contribution in [-0.2, 0) is 12.6 Å². The molecule has 0 saturated heterocycles. The zero-order valence-corrected chi connectivity index (χ0v) is 19.3. The van der Waals surface area contributed by atoms with Gasteiger partial charge in [0.1, 0.15) is 29.9 Å². The predicted octanol–water partition coefficient (Wildman–Crippen LogP) is 5.03. The van der Waals surface area contributed by atoms with E-state index in [1.165, 1.54) is 48.1 Å². The lowest BCUT2D eigenvalue weighted by molar-refractivity contribution is -0.393. The van der Waals surface area contributed by atoms with Crippen molar-refractivity contribution in [2.24, 2.45) is 17.3 Å². The van der Waals surface area contributed by atoms with E-state index in [2.05, 4.69) is 10.2 Å². The first kappa shape index (κ1) is 22.8. The zero-order valence-electron chi connectivity index (χ0n) is 19.3. The minimum absolute atomic E-state index is 0.0233. The molecule has 1 unspecified atom stereocenters. The third kappa shape index (κ3) is 3.47. The Balaban J connectivity index is 1.94. The van der Waals surface area contributed by atoms with Gasteiger partial charge in [0, 0.05) is 11.1 Å². The largest absolute Gasteiger partial charge is 0.508 e. The first-order chi connectivity index (χ1) is 17.2. The van der Waals surface area contributed by atoms with Crippen molar-refractivity contribution in [3.63, 3.8) is 0 Å². The van der Waals surface area contributed by atoms with Gasteiger partial charge in [-0.2, -0.15) is 10.2 Å². The Morgan fingerprint density at radius 1 is 0.833 bits per heavy atom. The molecular weight excluding hydrogens is 462 g/mol. The summed E-state index contributed by atoms with van der Waals surface area (Å²) in [6.07, 6.45) is 0. The Morgan fingerprint density at radius 3 is 1.86 bits per heavy atom. The average molecular weight is 483 g/mol. The molecule has 0 radical (unpaired) electrons. The van der Waals surface area contributed by atoms with Crippen molar-refractivity contribution in [3.05, 3.63) is 111 Å². The molecule has 4 aromatic rings. The summed E-state index contributed by atoms with van der Waals surface area (Å²) in [6.45, 7) is 1.67. The molecule has 0 spiro atoms. The molecule has 5 rings (SSSR count). The Labute approximate surface area is 205 Å². The SMILES string of the molecule is Cc1nn(C)c([N+](=O)[O-])c1C1(c2ccc(O)cc2)N=NC(c2ccc(O)cc2)=C1c1ccc(O)cc1. The highest BCUT2D eigenvalue weighted by atomic mass is 16.6. The van der Waals surface area contributed by atoms with Crippen molar-refractivity contribution < 1.29 is 20.2 Å². The number of phenols is 3. The van der Waals surface area contributed by atoms with E-state index < -0.39 is 10.5 Å². The van der Waals surface area contributed by atoms with Crippen LogP contribution < -0.4 is 0 Å². The number of hydrogen-bond acceptors (Lipinski definition) is 8. The highest BCUT2D eigenvalue weighted by Crippen LogP contribution is 2.56. The van der Waals surface area contributed by atoms with Crippen LogP contribution >= 0.6 is 0 Å². The van der Waals surface area contributed by atoms with Crippen molar-refractivity contribution in [1.82, 2.24) is 9.78 Å². The molecule has 10 heteroatoms. The highest BCUT2D eigenvalue weighted by Gasteiger charge is 2.51. The van der Waals surface area contributed by atoms with Crippen molar-refractivity contribution in [3.8, 4) is 17.2 Å². The van der Waals surface area contributed by atoms with Crippen LogP contribution in [0.1, 0.15) is 27.9 Å². The van der Waals surface area contributed by atoms with Crippen LogP contribution in [0.25, 0.3) is 11.3 Å². The fourth-order valence-corrected chi connectivity index (χ4v) is 4.69. The molecule has 0 saturated carbocycles. The number of aromatic hydroxyl groups is 3. The molecule has 1 aliphatic heterocycles. The topological polar surface area (TPSA) is 146 Å². The summed E-state index contributed by atoms with van der Waals surface area (Å²) in [5.74, 6) is -0.0990. The van der Waals surface area contributed by atoms with Crippen LogP contribution in [0.15, 0.2) is 83.0 Å². The maximum Gasteiger partial charge on any atom is 0.351 e. The van der Waals surface area contributed by atoms with E-state index in [9.17, 15) is 25.4 Å². The quantitative estimate of drug-likeness (QED) is 0.268. The molecule has 10 nitrogen and oxygen atoms in total. The lowest BCUT2D eigenvalue weighted by Gasteiger charge is -2.29. The molecule has 0 aliphatic carbocycles. The standard InChI is InChI=1S/C26H21N5O5/c1-15-22(25(31(35)36)30(2)28-15)26(18-7-13-21(34)14-8-18)23(16-3-9-19(32)10-4-16)24(27-29-26)17-5-11-20(33)12-6-17/h3-14,32-34H,1-2H3. The number of nitro groups is 1. The fourth-order valence-electron chi connectivity index (χ4n) is 4.69. The van der Waals surface area contributed by atoms with E-state index in [0.29, 0.717) is 33.7 Å². The van der Waals surface area contributed by atoms with E-state index in [-0.39, 0.29) is 28.6 Å². The smallest absolute Gasteiger partial charge is 0.351 e. The third-order valence-corrected chi connectivity index (χ3v) is 6.21. The van der Waals surface area contributed by atoms with Gasteiger partial charge in [-0.25, -0.2) is 0 Å². The van der Waals surface area contributed by atoms with E-state index in [0.717, 1.165) is 0 Å². The second-order valence-electron chi connectivity index (χ2n) is 8.44. The van der Waals surface area contributed by atoms with Crippen molar-refractivity contribution in [1.29, 1.82) is 0 Å². The molecule has 1 aliphatic rings. The number of rotatable bonds is 5. The molecule has 0 fully saturated rings. The van der Waals surface area contributed by atoms with Gasteiger partial charge in [-0.15, -0.1) is 4.68 Å². The summed E-state index contributed by atoms with van der Waals surface area (Å²) in [7, 11) is 1.50. The maximum absolute atomic E-state index is 12.3. The van der Waals surface area contributed by atoms with Gasteiger partial charge < -0.3 is 25.4 Å². The summed E-state index contributed by atoms with van der Waals surface area (Å²) < 4.78 is 1.20. The van der Waals surface area contributed by atoms with E-state index in [1.807, 2.05) is 0 Å². The summed E-state index contributed by atoms with van der Waals surface area (Å²) in [5, 5.41) is 55.6. The maximum atomic E-state index is 12.3. The Hall–Kier alpha value is -4.99. The molecule has 1 aromatic heterocycles. The molecule has 2 heterocycles. The normalized spacial score (nSPS) is 17.1. The lowest BCUT2D eigenvalue weighted by Crippen LogP contribution is -2.27. The van der Waals surface area contributed by atoms with Crippen LogP contribution in [-0.4, -0.2) is 30.0 Å². The van der Waals surface area contributed by atoms with Crippen LogP contribution in [0.5, 0.6) is 17.2 Å². The monoisotopic (exact) mass is 483 g/mol. The number of aromatic nitrogens is 2. The number of phenolic OH excluding ortho intramolecular Hbond substituents is 3. The van der Waals surface area contributed by atoms with Gasteiger partial charge in [-0.1, -0.05) is 29.4 Å². The van der Waals surface area contributed by atoms with Gasteiger partial charge in [0.05, 0.1) is 11.4 Å². The lowest BCUT2D eigenvalue weighted by atomic mass is 9.73. The number of nitrogens with zero attached hydrogens (tertiary/aromatic N) is 5. The molecule has 1 atom stereocenters. The van der Waals surface area contributed by atoms with Crippen LogP contribution in [0.3, 0.4) is 0 Å². The Bertz CT molecular complexity index is 1540. The van der Waals surface area contributed by atoms with Gasteiger partial charge in [0.15, 0.2) is 5.54 Å². The van der Waals surface area contributed by atoms with Gasteiger partial charge in [0.25, 0.3) is 0 Å². The number of benzene rings is 3. The number of aryl methyl sites for hydroxylation is 2. The van der Waals surface area contributed by atoms with Crippen molar-refractivity contribution >= 4 is 17.1 Å². The fraction of sp³-hybridized carbons (Fsp3) is 0.115. The zero-order chi connectivity index (χ0) is 25.6. The molecule has 3 aromatic carbocycles. The summed E-state index contributed by atoms with van der Waals surface area (Å²) in [6, 6.07) is 19.1. The van der Waals surface area contributed by atoms with Crippen LogP contribution in [0.2, 0.25) is 0 Å².